The summed E-state index contributed by atoms with van der Waals surface area (Å²) in [5.41, 5.74) is 9.27. The molecule has 172 valence electrons. The number of nitrogens with zero attached hydrogens (tertiary/aromatic N) is 3. The monoisotopic (exact) mass is 462 g/mol. The molecule has 0 unspecified atom stereocenters. The molecular formula is C21H26N4O6S. The number of carboxylic acids is 1. The van der Waals surface area contributed by atoms with E-state index in [1.165, 1.54) is 11.8 Å². The predicted molar refractivity (Wildman–Crippen MR) is 117 cm³/mol. The number of thioether (sulfide) groups is 1. The lowest BCUT2D eigenvalue weighted by molar-refractivity contribution is -0.150. The molecule has 1 aliphatic carbocycles. The van der Waals surface area contributed by atoms with Crippen molar-refractivity contribution in [3.05, 3.63) is 29.1 Å². The fourth-order valence-corrected chi connectivity index (χ4v) is 4.16. The van der Waals surface area contributed by atoms with Crippen LogP contribution in [-0.4, -0.2) is 45.9 Å². The molecular weight excluding hydrogens is 436 g/mol. The number of methoxy groups -OCH3 is 1. The molecule has 3 N–H and O–H groups in total. The first-order valence-corrected chi connectivity index (χ1v) is 11.3. The van der Waals surface area contributed by atoms with Gasteiger partial charge < -0.3 is 25.1 Å². The van der Waals surface area contributed by atoms with E-state index >= 15 is 0 Å². The SMILES string of the molecule is COc1nccc(N)c1CSc1nc2c(c(OCOC(=O)CCCCC(=O)O)n1)CCC2. The van der Waals surface area contributed by atoms with Gasteiger partial charge in [0.2, 0.25) is 18.6 Å². The molecule has 0 saturated carbocycles. The molecule has 0 aromatic carbocycles. The smallest absolute Gasteiger partial charge is 0.308 e. The molecule has 2 aromatic heterocycles. The van der Waals surface area contributed by atoms with E-state index in [1.807, 2.05) is 0 Å². The van der Waals surface area contributed by atoms with Gasteiger partial charge in [-0.1, -0.05) is 11.8 Å². The van der Waals surface area contributed by atoms with Crippen LogP contribution < -0.4 is 15.2 Å². The number of anilines is 1. The molecule has 10 nitrogen and oxygen atoms in total. The van der Waals surface area contributed by atoms with Crippen molar-refractivity contribution in [3.63, 3.8) is 0 Å². The Kier molecular flexibility index (Phi) is 8.48. The highest BCUT2D eigenvalue weighted by Gasteiger charge is 2.21. The van der Waals surface area contributed by atoms with Crippen LogP contribution in [0.3, 0.4) is 0 Å². The van der Waals surface area contributed by atoms with Crippen LogP contribution in [0.4, 0.5) is 5.69 Å². The summed E-state index contributed by atoms with van der Waals surface area (Å²) < 4.78 is 16.1. The van der Waals surface area contributed by atoms with Gasteiger partial charge in [-0.3, -0.25) is 9.59 Å². The summed E-state index contributed by atoms with van der Waals surface area (Å²) in [6, 6.07) is 1.71. The zero-order chi connectivity index (χ0) is 22.9. The molecule has 1 aliphatic rings. The maximum atomic E-state index is 11.8. The van der Waals surface area contributed by atoms with Gasteiger partial charge in [0.05, 0.1) is 12.8 Å². The second-order valence-corrected chi connectivity index (χ2v) is 8.09. The number of pyridine rings is 1. The number of aliphatic carboxylic acids is 1. The van der Waals surface area contributed by atoms with E-state index in [0.717, 1.165) is 36.1 Å². The summed E-state index contributed by atoms with van der Waals surface area (Å²) in [5, 5.41) is 9.16. The fraction of sp³-hybridized carbons (Fsp3) is 0.476. The Morgan fingerprint density at radius 1 is 1.19 bits per heavy atom. The number of aromatic nitrogens is 3. The van der Waals surface area contributed by atoms with Crippen LogP contribution >= 0.6 is 11.8 Å². The van der Waals surface area contributed by atoms with Gasteiger partial charge >= 0.3 is 11.9 Å². The predicted octanol–water partition coefficient (Wildman–Crippen LogP) is 2.77. The molecule has 0 saturated heterocycles. The number of hydrogen-bond acceptors (Lipinski definition) is 10. The van der Waals surface area contributed by atoms with Crippen LogP contribution in [0.15, 0.2) is 17.4 Å². The van der Waals surface area contributed by atoms with Gasteiger partial charge in [-0.25, -0.2) is 9.97 Å². The highest BCUT2D eigenvalue weighted by Crippen LogP contribution is 2.33. The molecule has 0 spiro atoms. The second kappa shape index (κ2) is 11.5. The lowest BCUT2D eigenvalue weighted by Gasteiger charge is -2.12. The standard InChI is InChI=1S/C21H26N4O6S/c1-29-19-14(15(22)9-10-23-19)11-32-21-24-16-6-4-5-13(16)20(25-21)31-12-30-18(28)8-3-2-7-17(26)27/h9-10H,2-8,11-12H2,1H3,(H2,22,23)(H,26,27). The third-order valence-electron chi connectivity index (χ3n) is 4.90. The van der Waals surface area contributed by atoms with Crippen LogP contribution in [-0.2, 0) is 32.9 Å². The number of rotatable bonds is 12. The van der Waals surface area contributed by atoms with Crippen molar-refractivity contribution < 1.29 is 28.9 Å². The summed E-state index contributed by atoms with van der Waals surface area (Å²) in [4.78, 5) is 35.6. The van der Waals surface area contributed by atoms with Crippen molar-refractivity contribution >= 4 is 29.4 Å². The van der Waals surface area contributed by atoms with Gasteiger partial charge in [-0.15, -0.1) is 0 Å². The van der Waals surface area contributed by atoms with Gasteiger partial charge in [-0.2, -0.15) is 4.98 Å². The molecule has 3 rings (SSSR count). The Labute approximate surface area is 189 Å². The van der Waals surface area contributed by atoms with Gasteiger partial charge in [0, 0.05) is 41.6 Å². The minimum Gasteiger partial charge on any atom is -0.481 e. The number of aryl methyl sites for hydroxylation is 1. The second-order valence-electron chi connectivity index (χ2n) is 7.15. The van der Waals surface area contributed by atoms with Crippen molar-refractivity contribution in [1.82, 2.24) is 15.0 Å². The first kappa shape index (κ1) is 23.6. The maximum absolute atomic E-state index is 11.8. The number of unbranched alkanes of at least 4 members (excludes halogenated alkanes) is 1. The topological polar surface area (TPSA) is 147 Å². The molecule has 2 aromatic rings. The molecule has 0 amide bonds. The molecule has 2 heterocycles. The van der Waals surface area contributed by atoms with E-state index < -0.39 is 11.9 Å². The van der Waals surface area contributed by atoms with Crippen LogP contribution in [0.2, 0.25) is 0 Å². The lowest BCUT2D eigenvalue weighted by Crippen LogP contribution is -2.12. The van der Waals surface area contributed by atoms with E-state index in [0.29, 0.717) is 41.2 Å². The molecule has 0 aliphatic heterocycles. The first-order valence-electron chi connectivity index (χ1n) is 10.3. The zero-order valence-corrected chi connectivity index (χ0v) is 18.7. The first-order chi connectivity index (χ1) is 15.5. The van der Waals surface area contributed by atoms with E-state index in [-0.39, 0.29) is 19.6 Å². The van der Waals surface area contributed by atoms with E-state index in [4.69, 9.17) is 25.1 Å². The normalized spacial score (nSPS) is 12.3. The van der Waals surface area contributed by atoms with Crippen molar-refractivity contribution in [2.45, 2.75) is 55.9 Å². The minimum atomic E-state index is -0.877. The number of ether oxygens (including phenoxy) is 3. The lowest BCUT2D eigenvalue weighted by atomic mass is 10.2. The number of carbonyl (C=O) groups excluding carboxylic acids is 1. The Hall–Kier alpha value is -3.08. The largest absolute Gasteiger partial charge is 0.481 e. The zero-order valence-electron chi connectivity index (χ0n) is 17.8. The number of esters is 1. The number of nitrogens with two attached hydrogens (primary N) is 1. The highest BCUT2D eigenvalue weighted by atomic mass is 32.2. The summed E-state index contributed by atoms with van der Waals surface area (Å²) in [6.07, 6.45) is 5.26. The number of hydrogen-bond donors (Lipinski definition) is 2. The van der Waals surface area contributed by atoms with Gasteiger partial charge in [-0.05, 0) is 38.2 Å². The van der Waals surface area contributed by atoms with E-state index in [1.54, 1.807) is 19.4 Å². The number of carboxylic acid groups (broad SMARTS) is 1. The summed E-state index contributed by atoms with van der Waals surface area (Å²) >= 11 is 1.40. The van der Waals surface area contributed by atoms with Crippen LogP contribution in [0.25, 0.3) is 0 Å². The van der Waals surface area contributed by atoms with Gasteiger partial charge in [0.15, 0.2) is 5.16 Å². The van der Waals surface area contributed by atoms with Crippen LogP contribution in [0, 0.1) is 0 Å². The van der Waals surface area contributed by atoms with Gasteiger partial charge in [0.1, 0.15) is 0 Å². The summed E-state index contributed by atoms with van der Waals surface area (Å²) in [7, 11) is 1.54. The van der Waals surface area contributed by atoms with Gasteiger partial charge in [0.25, 0.3) is 0 Å². The Bertz CT molecular complexity index is 972. The van der Waals surface area contributed by atoms with Crippen LogP contribution in [0.5, 0.6) is 11.8 Å². The summed E-state index contributed by atoms with van der Waals surface area (Å²) in [5.74, 6) is 0.0459. The number of nitrogen functional groups attached to an aromatic ring is 1. The molecule has 32 heavy (non-hydrogen) atoms. The van der Waals surface area contributed by atoms with Crippen molar-refractivity contribution in [2.24, 2.45) is 0 Å². The third-order valence-corrected chi connectivity index (χ3v) is 5.78. The fourth-order valence-electron chi connectivity index (χ4n) is 3.27. The molecule has 11 heteroatoms. The Balaban J connectivity index is 1.58. The molecule has 0 fully saturated rings. The highest BCUT2D eigenvalue weighted by molar-refractivity contribution is 7.98. The third kappa shape index (κ3) is 6.46. The number of carbonyl (C=O) groups is 2. The quantitative estimate of drug-likeness (QED) is 0.158. The van der Waals surface area contributed by atoms with Crippen molar-refractivity contribution in [3.8, 4) is 11.8 Å². The van der Waals surface area contributed by atoms with E-state index in [2.05, 4.69) is 15.0 Å². The molecule has 0 atom stereocenters. The van der Waals surface area contributed by atoms with Crippen LogP contribution in [0.1, 0.15) is 48.9 Å². The Morgan fingerprint density at radius 2 is 2.00 bits per heavy atom. The van der Waals surface area contributed by atoms with Crippen molar-refractivity contribution in [2.75, 3.05) is 19.6 Å². The van der Waals surface area contributed by atoms with Crippen molar-refractivity contribution in [1.29, 1.82) is 0 Å². The Morgan fingerprint density at radius 3 is 2.78 bits per heavy atom. The minimum absolute atomic E-state index is 0.0356. The summed E-state index contributed by atoms with van der Waals surface area (Å²) in [6.45, 7) is -0.255. The molecule has 0 bridgehead atoms. The van der Waals surface area contributed by atoms with E-state index in [9.17, 15) is 9.59 Å². The molecule has 0 radical (unpaired) electrons. The average molecular weight is 463 g/mol. The average Bonchev–Trinajstić information content (AvgIpc) is 3.24. The number of fused-ring (bicyclic) bond motifs is 1. The maximum Gasteiger partial charge on any atom is 0.308 e.